The van der Waals surface area contributed by atoms with Crippen molar-refractivity contribution in [3.8, 4) is 5.69 Å². The van der Waals surface area contributed by atoms with Crippen LogP contribution >= 0.6 is 23.8 Å². The van der Waals surface area contributed by atoms with Gasteiger partial charge in [0.2, 0.25) is 0 Å². The number of anilines is 1. The molecule has 1 atom stereocenters. The molecule has 1 N–H and O–H groups in total. The summed E-state index contributed by atoms with van der Waals surface area (Å²) in [5, 5.41) is 12.4. The topological polar surface area (TPSA) is 91.9 Å². The molecule has 12 heteroatoms. The molecule has 3 rings (SSSR count). The fourth-order valence-corrected chi connectivity index (χ4v) is 5.12. The Morgan fingerprint density at radius 1 is 1.52 bits per heavy atom. The van der Waals surface area contributed by atoms with Gasteiger partial charge in [-0.1, -0.05) is 23.8 Å². The average Bonchev–Trinajstić information content (AvgIpc) is 3.05. The van der Waals surface area contributed by atoms with Gasteiger partial charge in [0.1, 0.15) is 10.7 Å². The van der Waals surface area contributed by atoms with E-state index >= 15 is 0 Å². The Morgan fingerprint density at radius 3 is 2.76 bits per heavy atom. The molecule has 0 radical (unpaired) electrons. The van der Waals surface area contributed by atoms with E-state index in [4.69, 9.17) is 29.2 Å². The number of pyridine rings is 1. The second-order valence-electron chi connectivity index (χ2n) is 6.71. The molecular weight excluding hydrogens is 444 g/mol. The minimum absolute atomic E-state index is 0.0498. The van der Waals surface area contributed by atoms with Crippen LogP contribution in [-0.4, -0.2) is 57.9 Å². The summed E-state index contributed by atoms with van der Waals surface area (Å²) in [6.45, 7) is 2.07. The summed E-state index contributed by atoms with van der Waals surface area (Å²) in [5.74, 6) is -5.47. The molecular formula is C17H18ClF2N5O2S2. The van der Waals surface area contributed by atoms with Gasteiger partial charge in [0.05, 0.1) is 35.3 Å². The van der Waals surface area contributed by atoms with E-state index in [0.29, 0.717) is 17.9 Å². The maximum atomic E-state index is 13.0. The predicted octanol–water partition coefficient (Wildman–Crippen LogP) is 3.16. The maximum absolute atomic E-state index is 13.0. The van der Waals surface area contributed by atoms with Crippen LogP contribution in [0.5, 0.6) is 0 Å². The van der Waals surface area contributed by atoms with E-state index in [1.165, 1.54) is 9.58 Å². The molecule has 0 bridgehead atoms. The lowest BCUT2D eigenvalue weighted by atomic mass is 10.3. The van der Waals surface area contributed by atoms with Crippen molar-refractivity contribution in [1.29, 1.82) is 5.41 Å². The normalized spacial score (nSPS) is 17.7. The van der Waals surface area contributed by atoms with Crippen LogP contribution < -0.4 is 4.90 Å². The van der Waals surface area contributed by atoms with E-state index in [1.807, 2.05) is 0 Å². The Labute approximate surface area is 177 Å². The zero-order valence-corrected chi connectivity index (χ0v) is 17.7. The number of alkyl halides is 2. The second-order valence-corrected chi connectivity index (χ2v) is 9.56. The molecule has 7 nitrogen and oxygen atoms in total. The van der Waals surface area contributed by atoms with E-state index in [-0.39, 0.29) is 15.9 Å². The lowest BCUT2D eigenvalue weighted by molar-refractivity contribution is 0.103. The molecule has 1 aliphatic carbocycles. The zero-order chi connectivity index (χ0) is 21.4. The molecule has 1 saturated carbocycles. The molecule has 1 fully saturated rings. The summed E-state index contributed by atoms with van der Waals surface area (Å²) in [7, 11) is -3.89. The van der Waals surface area contributed by atoms with Gasteiger partial charge in [-0.2, -0.15) is 5.10 Å². The number of aromatic nitrogens is 3. The first-order valence-corrected chi connectivity index (χ1v) is 11.3. The quantitative estimate of drug-likeness (QED) is 0.479. The molecule has 1 unspecified atom stereocenters. The molecule has 0 amide bonds. The standard InChI is InChI=1S/C17H18ClF2N5O2S2/c1-2-24(14-8-25(23-15(14)18)12-4-3-5-22-7-12)16(28)13(21)10-29(26,27)9-11-6-17(11,19)20/h3-5,7-8,11,21H,2,6,9-10H2,1H3. The van der Waals surface area contributed by atoms with Gasteiger partial charge in [-0.25, -0.2) is 21.9 Å². The van der Waals surface area contributed by atoms with Crippen LogP contribution in [0, 0.1) is 11.3 Å². The fourth-order valence-electron chi connectivity index (χ4n) is 2.83. The molecule has 2 heterocycles. The van der Waals surface area contributed by atoms with E-state index in [9.17, 15) is 17.2 Å². The Balaban J connectivity index is 1.75. The first kappa shape index (κ1) is 21.7. The third-order valence-electron chi connectivity index (χ3n) is 4.45. The van der Waals surface area contributed by atoms with Gasteiger partial charge in [0.25, 0.3) is 5.92 Å². The van der Waals surface area contributed by atoms with Crippen molar-refractivity contribution in [2.24, 2.45) is 5.92 Å². The number of hydrogen-bond donors (Lipinski definition) is 1. The van der Waals surface area contributed by atoms with Crippen molar-refractivity contribution in [3.05, 3.63) is 35.9 Å². The number of halogens is 3. The van der Waals surface area contributed by atoms with Gasteiger partial charge in [-0.05, 0) is 19.1 Å². The van der Waals surface area contributed by atoms with Gasteiger partial charge in [-0.3, -0.25) is 4.98 Å². The van der Waals surface area contributed by atoms with Gasteiger partial charge < -0.3 is 10.3 Å². The van der Waals surface area contributed by atoms with E-state index in [1.54, 1.807) is 37.6 Å². The number of rotatable bonds is 8. The summed E-state index contributed by atoms with van der Waals surface area (Å²) in [6.07, 6.45) is 4.36. The smallest absolute Gasteiger partial charge is 0.252 e. The van der Waals surface area contributed by atoms with Crippen LogP contribution in [-0.2, 0) is 9.84 Å². The van der Waals surface area contributed by atoms with Crippen LogP contribution in [0.25, 0.3) is 5.69 Å². The lowest BCUT2D eigenvalue weighted by Gasteiger charge is -2.22. The Bertz CT molecular complexity index is 1040. The summed E-state index contributed by atoms with van der Waals surface area (Å²) in [4.78, 5) is 5.45. The molecule has 0 spiro atoms. The number of hydrogen-bond acceptors (Lipinski definition) is 6. The van der Waals surface area contributed by atoms with Crippen molar-refractivity contribution >= 4 is 50.0 Å². The van der Waals surface area contributed by atoms with Gasteiger partial charge in [-0.15, -0.1) is 0 Å². The van der Waals surface area contributed by atoms with Crippen molar-refractivity contribution in [3.63, 3.8) is 0 Å². The monoisotopic (exact) mass is 461 g/mol. The molecule has 29 heavy (non-hydrogen) atoms. The Kier molecular flexibility index (Phi) is 6.02. The van der Waals surface area contributed by atoms with Gasteiger partial charge in [0.15, 0.2) is 15.0 Å². The summed E-state index contributed by atoms with van der Waals surface area (Å²) in [5.41, 5.74) is 0.709. The molecule has 2 aromatic heterocycles. The summed E-state index contributed by atoms with van der Waals surface area (Å²) in [6, 6.07) is 3.51. The van der Waals surface area contributed by atoms with Crippen LogP contribution in [0.15, 0.2) is 30.7 Å². The van der Waals surface area contributed by atoms with E-state index in [2.05, 4.69) is 10.1 Å². The third kappa shape index (κ3) is 4.96. The summed E-state index contributed by atoms with van der Waals surface area (Å²) < 4.78 is 51.9. The predicted molar refractivity (Wildman–Crippen MR) is 111 cm³/mol. The number of sulfone groups is 1. The van der Waals surface area contributed by atoms with Crippen LogP contribution in [0.1, 0.15) is 13.3 Å². The van der Waals surface area contributed by atoms with Gasteiger partial charge in [0, 0.05) is 25.1 Å². The number of nitrogens with one attached hydrogen (secondary N) is 1. The zero-order valence-electron chi connectivity index (χ0n) is 15.3. The summed E-state index contributed by atoms with van der Waals surface area (Å²) >= 11 is 11.5. The molecule has 1 aliphatic rings. The van der Waals surface area contributed by atoms with Crippen molar-refractivity contribution < 1.29 is 17.2 Å². The first-order valence-electron chi connectivity index (χ1n) is 8.67. The lowest BCUT2D eigenvalue weighted by Crippen LogP contribution is -2.38. The van der Waals surface area contributed by atoms with Crippen molar-refractivity contribution in [2.75, 3.05) is 23.0 Å². The van der Waals surface area contributed by atoms with E-state index < -0.39 is 39.6 Å². The van der Waals surface area contributed by atoms with Crippen LogP contribution in [0.2, 0.25) is 5.15 Å². The highest BCUT2D eigenvalue weighted by Gasteiger charge is 2.58. The van der Waals surface area contributed by atoms with Crippen molar-refractivity contribution in [1.82, 2.24) is 14.8 Å². The minimum atomic E-state index is -3.89. The molecule has 0 aromatic carbocycles. The number of thiocarbonyl (C=S) groups is 1. The second kappa shape index (κ2) is 8.04. The Hall–Kier alpha value is -1.98. The Morgan fingerprint density at radius 2 is 2.21 bits per heavy atom. The first-order chi connectivity index (χ1) is 13.5. The average molecular weight is 462 g/mol. The van der Waals surface area contributed by atoms with Crippen molar-refractivity contribution in [2.45, 2.75) is 19.3 Å². The highest BCUT2D eigenvalue weighted by atomic mass is 35.5. The maximum Gasteiger partial charge on any atom is 0.252 e. The van der Waals surface area contributed by atoms with Gasteiger partial charge >= 0.3 is 0 Å². The highest BCUT2D eigenvalue weighted by Crippen LogP contribution is 2.49. The van der Waals surface area contributed by atoms with Crippen LogP contribution in [0.3, 0.4) is 0 Å². The fraction of sp³-hybridized carbons (Fsp3) is 0.412. The minimum Gasteiger partial charge on any atom is -0.328 e. The SMILES string of the molecule is CCN(C(=S)C(=N)CS(=O)(=O)CC1CC1(F)F)c1cn(-c2cccnc2)nc1Cl. The largest absolute Gasteiger partial charge is 0.328 e. The molecule has 0 saturated heterocycles. The molecule has 2 aromatic rings. The molecule has 0 aliphatic heterocycles. The number of nitrogens with zero attached hydrogens (tertiary/aromatic N) is 4. The third-order valence-corrected chi connectivity index (χ3v) is 6.82. The van der Waals surface area contributed by atoms with Crippen LogP contribution in [0.4, 0.5) is 14.5 Å². The van der Waals surface area contributed by atoms with E-state index in [0.717, 1.165) is 0 Å². The highest BCUT2D eigenvalue weighted by molar-refractivity contribution is 7.92. The molecule has 156 valence electrons.